The van der Waals surface area contributed by atoms with Crippen LogP contribution in [0.15, 0.2) is 41.6 Å². The van der Waals surface area contributed by atoms with Crippen molar-refractivity contribution in [1.29, 1.82) is 0 Å². The molecule has 0 radical (unpaired) electrons. The molecule has 1 heterocycles. The Morgan fingerprint density at radius 1 is 1.21 bits per heavy atom. The molecule has 1 aromatic carbocycles. The Kier molecular flexibility index (Phi) is 2.99. The molecule has 2 rings (SSSR count). The lowest BCUT2D eigenvalue weighted by molar-refractivity contribution is 0.143. The highest BCUT2D eigenvalue weighted by Crippen LogP contribution is 2.39. The number of halogens is 2. The maximum absolute atomic E-state index is 5.97. The Labute approximate surface area is 93.3 Å². The van der Waals surface area contributed by atoms with E-state index >= 15 is 0 Å². The first-order chi connectivity index (χ1) is 6.83. The van der Waals surface area contributed by atoms with Gasteiger partial charge in [0.25, 0.3) is 0 Å². The molecule has 0 saturated carbocycles. The molecule has 2 unspecified atom stereocenters. The van der Waals surface area contributed by atoms with Crippen molar-refractivity contribution in [3.63, 3.8) is 0 Å². The van der Waals surface area contributed by atoms with Gasteiger partial charge in [-0.1, -0.05) is 41.9 Å². The summed E-state index contributed by atoms with van der Waals surface area (Å²) in [6.45, 7) is 0. The highest BCUT2D eigenvalue weighted by molar-refractivity contribution is 6.30. The van der Waals surface area contributed by atoms with Gasteiger partial charge in [0, 0.05) is 5.88 Å². The average molecular weight is 229 g/mol. The molecule has 0 saturated heterocycles. The van der Waals surface area contributed by atoms with E-state index in [9.17, 15) is 0 Å². The second-order valence-electron chi connectivity index (χ2n) is 3.23. The summed E-state index contributed by atoms with van der Waals surface area (Å²) in [6, 6.07) is 9.98. The molecule has 0 bridgehead atoms. The predicted octanol–water partition coefficient (Wildman–Crippen LogP) is 3.69. The minimum absolute atomic E-state index is 0.0267. The molecule has 1 aromatic rings. The molecular weight excluding hydrogens is 219 g/mol. The average Bonchev–Trinajstić information content (AvgIpc) is 2.61. The van der Waals surface area contributed by atoms with Gasteiger partial charge in [0.1, 0.15) is 6.10 Å². The summed E-state index contributed by atoms with van der Waals surface area (Å²) in [6.07, 6.45) is 1.56. The maximum atomic E-state index is 5.97. The first-order valence-corrected chi connectivity index (χ1v) is 5.36. The van der Waals surface area contributed by atoms with Crippen LogP contribution in [0.2, 0.25) is 0 Å². The SMILES string of the molecule is ClCC1C(Cl)=COC1c1ccccc1. The molecular formula is C11H10Cl2O. The molecule has 3 heteroatoms. The fraction of sp³-hybridized carbons (Fsp3) is 0.273. The predicted molar refractivity (Wildman–Crippen MR) is 58.4 cm³/mol. The minimum atomic E-state index is -0.0267. The highest BCUT2D eigenvalue weighted by atomic mass is 35.5. The number of rotatable bonds is 2. The van der Waals surface area contributed by atoms with Gasteiger partial charge in [-0.25, -0.2) is 0 Å². The highest BCUT2D eigenvalue weighted by Gasteiger charge is 2.31. The van der Waals surface area contributed by atoms with Gasteiger partial charge >= 0.3 is 0 Å². The Balaban J connectivity index is 2.22. The van der Waals surface area contributed by atoms with Crippen molar-refractivity contribution >= 4 is 23.2 Å². The van der Waals surface area contributed by atoms with E-state index in [1.807, 2.05) is 30.3 Å². The zero-order valence-corrected chi connectivity index (χ0v) is 9.00. The monoisotopic (exact) mass is 228 g/mol. The smallest absolute Gasteiger partial charge is 0.132 e. The standard InChI is InChI=1S/C11H10Cl2O/c12-6-9-10(13)7-14-11(9)8-4-2-1-3-5-8/h1-5,7,9,11H,6H2. The zero-order chi connectivity index (χ0) is 9.97. The van der Waals surface area contributed by atoms with E-state index in [2.05, 4.69) is 0 Å². The lowest BCUT2D eigenvalue weighted by Crippen LogP contribution is -2.10. The van der Waals surface area contributed by atoms with Crippen molar-refractivity contribution in [1.82, 2.24) is 0 Å². The van der Waals surface area contributed by atoms with Gasteiger partial charge in [-0.2, -0.15) is 0 Å². The van der Waals surface area contributed by atoms with Gasteiger partial charge in [-0.05, 0) is 5.56 Å². The van der Waals surface area contributed by atoms with Crippen LogP contribution in [-0.4, -0.2) is 5.88 Å². The van der Waals surface area contributed by atoms with E-state index in [1.54, 1.807) is 6.26 Å². The van der Waals surface area contributed by atoms with E-state index in [1.165, 1.54) is 0 Å². The van der Waals surface area contributed by atoms with Crippen molar-refractivity contribution in [2.75, 3.05) is 5.88 Å². The summed E-state index contributed by atoms with van der Waals surface area (Å²) in [7, 11) is 0. The molecule has 14 heavy (non-hydrogen) atoms. The van der Waals surface area contributed by atoms with Gasteiger partial charge in [0.2, 0.25) is 0 Å². The van der Waals surface area contributed by atoms with Crippen LogP contribution in [0.3, 0.4) is 0 Å². The third-order valence-corrected chi connectivity index (χ3v) is 3.04. The summed E-state index contributed by atoms with van der Waals surface area (Å²) in [4.78, 5) is 0. The third kappa shape index (κ3) is 1.75. The summed E-state index contributed by atoms with van der Waals surface area (Å²) < 4.78 is 5.48. The van der Waals surface area contributed by atoms with Gasteiger partial charge in [-0.3, -0.25) is 0 Å². The first-order valence-electron chi connectivity index (χ1n) is 4.45. The van der Waals surface area contributed by atoms with Crippen molar-refractivity contribution in [3.8, 4) is 0 Å². The number of benzene rings is 1. The molecule has 0 spiro atoms. The lowest BCUT2D eigenvalue weighted by atomic mass is 9.98. The molecule has 2 atom stereocenters. The topological polar surface area (TPSA) is 9.23 Å². The molecule has 0 aliphatic carbocycles. The van der Waals surface area contributed by atoms with Crippen LogP contribution in [-0.2, 0) is 4.74 Å². The molecule has 1 aliphatic heterocycles. The lowest BCUT2D eigenvalue weighted by Gasteiger charge is -2.17. The number of hydrogen-bond acceptors (Lipinski definition) is 1. The Morgan fingerprint density at radius 3 is 2.57 bits per heavy atom. The second-order valence-corrected chi connectivity index (χ2v) is 3.98. The summed E-state index contributed by atoms with van der Waals surface area (Å²) >= 11 is 11.8. The third-order valence-electron chi connectivity index (χ3n) is 2.34. The molecule has 0 amide bonds. The van der Waals surface area contributed by atoms with Crippen LogP contribution in [0.4, 0.5) is 0 Å². The summed E-state index contributed by atoms with van der Waals surface area (Å²) in [5.41, 5.74) is 1.12. The van der Waals surface area contributed by atoms with Crippen molar-refractivity contribution < 1.29 is 4.74 Å². The molecule has 1 nitrogen and oxygen atoms in total. The number of alkyl halides is 1. The summed E-state index contributed by atoms with van der Waals surface area (Å²) in [5.74, 6) is 0.565. The van der Waals surface area contributed by atoms with E-state index in [0.29, 0.717) is 10.9 Å². The maximum Gasteiger partial charge on any atom is 0.132 e. The minimum Gasteiger partial charge on any atom is -0.491 e. The van der Waals surface area contributed by atoms with Crippen molar-refractivity contribution in [2.45, 2.75) is 6.10 Å². The largest absolute Gasteiger partial charge is 0.491 e. The second kappa shape index (κ2) is 4.24. The Bertz CT molecular complexity index is 334. The Hall–Kier alpha value is -0.660. The summed E-state index contributed by atoms with van der Waals surface area (Å²) in [5, 5.41) is 0.703. The van der Waals surface area contributed by atoms with E-state index in [-0.39, 0.29) is 12.0 Å². The quantitative estimate of drug-likeness (QED) is 0.702. The normalized spacial score (nSPS) is 25.7. The van der Waals surface area contributed by atoms with Gasteiger partial charge in [0.05, 0.1) is 17.2 Å². The zero-order valence-electron chi connectivity index (χ0n) is 7.49. The van der Waals surface area contributed by atoms with Crippen LogP contribution < -0.4 is 0 Å². The van der Waals surface area contributed by atoms with Crippen molar-refractivity contribution in [2.24, 2.45) is 5.92 Å². The van der Waals surface area contributed by atoms with E-state index in [0.717, 1.165) is 5.56 Å². The van der Waals surface area contributed by atoms with Crippen LogP contribution >= 0.6 is 23.2 Å². The van der Waals surface area contributed by atoms with Crippen LogP contribution in [0.5, 0.6) is 0 Å². The van der Waals surface area contributed by atoms with Gasteiger partial charge in [-0.15, -0.1) is 11.6 Å². The molecule has 0 N–H and O–H groups in total. The fourth-order valence-corrected chi connectivity index (χ4v) is 2.22. The number of hydrogen-bond donors (Lipinski definition) is 0. The number of ether oxygens (including phenoxy) is 1. The van der Waals surface area contributed by atoms with Crippen LogP contribution in [0.25, 0.3) is 0 Å². The molecule has 0 aromatic heterocycles. The Morgan fingerprint density at radius 2 is 1.93 bits per heavy atom. The van der Waals surface area contributed by atoms with Crippen LogP contribution in [0, 0.1) is 5.92 Å². The first kappa shape index (κ1) is 9.88. The fourth-order valence-electron chi connectivity index (χ4n) is 1.57. The van der Waals surface area contributed by atoms with Crippen molar-refractivity contribution in [3.05, 3.63) is 47.2 Å². The molecule has 74 valence electrons. The van der Waals surface area contributed by atoms with E-state index in [4.69, 9.17) is 27.9 Å². The molecule has 1 aliphatic rings. The van der Waals surface area contributed by atoms with Gasteiger partial charge < -0.3 is 4.74 Å². The van der Waals surface area contributed by atoms with E-state index < -0.39 is 0 Å². The molecule has 0 fully saturated rings. The van der Waals surface area contributed by atoms with Crippen LogP contribution in [0.1, 0.15) is 11.7 Å². The van der Waals surface area contributed by atoms with Gasteiger partial charge in [0.15, 0.2) is 0 Å².